The predicted octanol–water partition coefficient (Wildman–Crippen LogP) is 14.1. The molecule has 2 aromatic heterocycles. The molecular formula is C86H82B2N4. The lowest BCUT2D eigenvalue weighted by Gasteiger charge is -2.44. The zero-order valence-corrected chi connectivity index (χ0v) is 53.4. The fraction of sp³-hybridized carbons (Fsp3) is 0.0930. The molecule has 0 aliphatic rings. The largest absolute Gasteiger partial charge is 0.244 e. The van der Waals surface area contributed by atoms with E-state index in [4.69, 9.17) is 0 Å². The van der Waals surface area contributed by atoms with Gasteiger partial charge in [-0.3, -0.25) is 0 Å². The van der Waals surface area contributed by atoms with Crippen LogP contribution in [0.25, 0.3) is 0 Å². The first-order chi connectivity index (χ1) is 45.3. The molecule has 92 heavy (non-hydrogen) atoms. The van der Waals surface area contributed by atoms with Crippen molar-refractivity contribution in [2.24, 2.45) is 0 Å². The van der Waals surface area contributed by atoms with Gasteiger partial charge in [0.2, 0.25) is 12.7 Å². The van der Waals surface area contributed by atoms with Crippen LogP contribution in [0.1, 0.15) is 74.1 Å². The Bertz CT molecular complexity index is 3620. The predicted molar refractivity (Wildman–Crippen MR) is 390 cm³/mol. The topological polar surface area (TPSA) is 17.6 Å². The van der Waals surface area contributed by atoms with Crippen molar-refractivity contribution in [3.05, 3.63) is 424 Å². The van der Waals surface area contributed by atoms with Crippen molar-refractivity contribution in [1.29, 1.82) is 0 Å². The molecule has 2 heterocycles. The standard InChI is InChI=1S/2C24H20B.2C19H21N2/c2*1-5-13-21(14-6-1)25(22-15-7-2-8-16-22,23-17-9-3-10-18-23)24-19-11-4-12-20-24;2*1-16(18-9-5-3-6-10-18)20-13-14-21(15-20)17(2)19-11-7-4-8-12-19/h2*1-20H;2*3-17H,1-2H3/q2*-1;2*+1/t;;2*16-,17-/m..11/s1. The molecule has 0 bridgehead atoms. The van der Waals surface area contributed by atoms with Crippen molar-refractivity contribution in [1.82, 2.24) is 9.13 Å². The van der Waals surface area contributed by atoms with Crippen LogP contribution in [-0.2, 0) is 0 Å². The van der Waals surface area contributed by atoms with Crippen LogP contribution in [0.4, 0.5) is 0 Å². The van der Waals surface area contributed by atoms with Crippen LogP contribution >= 0.6 is 0 Å². The summed E-state index contributed by atoms with van der Waals surface area (Å²) in [5, 5.41) is 0. The minimum atomic E-state index is -1.22. The van der Waals surface area contributed by atoms with Gasteiger partial charge < -0.3 is 0 Å². The van der Waals surface area contributed by atoms with Crippen molar-refractivity contribution in [2.75, 3.05) is 0 Å². The smallest absolute Gasteiger partial charge is 0.230 e. The highest BCUT2D eigenvalue weighted by molar-refractivity contribution is 7.20. The molecule has 4 nitrogen and oxygen atoms in total. The average Bonchev–Trinajstić information content (AvgIpc) is 0.979. The molecule has 0 aliphatic carbocycles. The van der Waals surface area contributed by atoms with Crippen LogP contribution in [0, 0.1) is 0 Å². The van der Waals surface area contributed by atoms with E-state index < -0.39 is 12.3 Å². The molecule has 0 amide bonds. The number of hydrogen-bond donors (Lipinski definition) is 0. The lowest BCUT2D eigenvalue weighted by Crippen LogP contribution is -2.74. The van der Waals surface area contributed by atoms with Crippen LogP contribution in [0.2, 0.25) is 0 Å². The normalized spacial score (nSPS) is 12.4. The number of aromatic nitrogens is 4. The van der Waals surface area contributed by atoms with Gasteiger partial charge >= 0.3 is 0 Å². The van der Waals surface area contributed by atoms with Crippen LogP contribution in [0.3, 0.4) is 0 Å². The SMILES string of the molecule is C[C@H](c1ccccc1)n1cc[n+]([C@H](C)c2ccccc2)c1.C[C@H](c1ccccc1)n1cc[n+]([C@H](C)c2ccccc2)c1.c1ccc([B-](c2ccccc2)(c2ccccc2)c2ccccc2)cc1.c1ccc([B-](c2ccccc2)(c2ccccc2)c2ccccc2)cc1. The van der Waals surface area contributed by atoms with Crippen molar-refractivity contribution >= 4 is 56.0 Å². The van der Waals surface area contributed by atoms with Gasteiger partial charge in [0, 0.05) is 0 Å². The van der Waals surface area contributed by atoms with Crippen LogP contribution in [0.5, 0.6) is 0 Å². The number of rotatable bonds is 16. The molecule has 14 aromatic rings. The van der Waals surface area contributed by atoms with Crippen molar-refractivity contribution in [3.63, 3.8) is 0 Å². The minimum absolute atomic E-state index is 0.343. The molecule has 0 fully saturated rings. The van der Waals surface area contributed by atoms with Crippen molar-refractivity contribution < 1.29 is 9.13 Å². The molecule has 6 heteroatoms. The van der Waals surface area contributed by atoms with Gasteiger partial charge in [0.1, 0.15) is 61.2 Å². The monoisotopic (exact) mass is 1190 g/mol. The highest BCUT2D eigenvalue weighted by atomic mass is 15.1. The summed E-state index contributed by atoms with van der Waals surface area (Å²) in [6.07, 6.45) is 10.5. The second-order valence-electron chi connectivity index (χ2n) is 24.0. The van der Waals surface area contributed by atoms with Gasteiger partial charge in [-0.25, -0.2) is 18.3 Å². The summed E-state index contributed by atoms with van der Waals surface area (Å²) >= 11 is 0. The molecule has 0 saturated carbocycles. The minimum Gasteiger partial charge on any atom is -0.230 e. The Morgan fingerprint density at radius 1 is 0.217 bits per heavy atom. The highest BCUT2D eigenvalue weighted by Crippen LogP contribution is 2.20. The maximum absolute atomic E-state index is 2.26. The molecule has 452 valence electrons. The van der Waals surface area contributed by atoms with Gasteiger partial charge in [0.05, 0.1) is 0 Å². The van der Waals surface area contributed by atoms with Gasteiger partial charge in [-0.05, 0) is 49.9 Å². The number of imidazole rings is 2. The Morgan fingerprint density at radius 3 is 0.565 bits per heavy atom. The quantitative estimate of drug-likeness (QED) is 0.0678. The van der Waals surface area contributed by atoms with E-state index in [2.05, 4.69) is 447 Å². The van der Waals surface area contributed by atoms with Gasteiger partial charge in [-0.1, -0.05) is 364 Å². The summed E-state index contributed by atoms with van der Waals surface area (Å²) in [5.41, 5.74) is 16.0. The molecule has 0 saturated heterocycles. The average molecular weight is 1190 g/mol. The van der Waals surface area contributed by atoms with Gasteiger partial charge in [-0.2, -0.15) is 43.7 Å². The lowest BCUT2D eigenvalue weighted by atomic mass is 9.13. The number of hydrogen-bond acceptors (Lipinski definition) is 0. The van der Waals surface area contributed by atoms with E-state index in [-0.39, 0.29) is 0 Å². The van der Waals surface area contributed by atoms with E-state index in [0.717, 1.165) is 0 Å². The first kappa shape index (κ1) is 62.8. The molecule has 12 aromatic carbocycles. The Morgan fingerprint density at radius 2 is 0.380 bits per heavy atom. The summed E-state index contributed by atoms with van der Waals surface area (Å²) in [6, 6.07) is 131. The van der Waals surface area contributed by atoms with Crippen LogP contribution in [0.15, 0.2) is 401 Å². The lowest BCUT2D eigenvalue weighted by molar-refractivity contribution is -0.710. The maximum atomic E-state index is 2.26. The highest BCUT2D eigenvalue weighted by Gasteiger charge is 2.33. The van der Waals surface area contributed by atoms with E-state index in [1.165, 1.54) is 66.0 Å². The van der Waals surface area contributed by atoms with Gasteiger partial charge in [0.25, 0.3) is 0 Å². The number of benzene rings is 12. The Hall–Kier alpha value is -10.8. The summed E-state index contributed by atoms with van der Waals surface area (Å²) in [4.78, 5) is 0. The van der Waals surface area contributed by atoms with Gasteiger partial charge in [0.15, 0.2) is 0 Å². The summed E-state index contributed by atoms with van der Waals surface area (Å²) in [5.74, 6) is 0. The molecule has 0 unspecified atom stereocenters. The van der Waals surface area contributed by atoms with Crippen LogP contribution in [-0.4, -0.2) is 21.4 Å². The maximum Gasteiger partial charge on any atom is 0.244 e. The molecule has 0 spiro atoms. The van der Waals surface area contributed by atoms with Crippen molar-refractivity contribution in [2.45, 2.75) is 51.9 Å². The summed E-state index contributed by atoms with van der Waals surface area (Å²) < 4.78 is 9.03. The van der Waals surface area contributed by atoms with E-state index in [1.807, 2.05) is 0 Å². The molecule has 0 radical (unpaired) electrons. The molecular weight excluding hydrogens is 1110 g/mol. The van der Waals surface area contributed by atoms with E-state index in [1.54, 1.807) is 0 Å². The van der Waals surface area contributed by atoms with Gasteiger partial charge in [-0.15, -0.1) is 0 Å². The Balaban J connectivity index is 0.000000126. The van der Waals surface area contributed by atoms with Crippen LogP contribution < -0.4 is 52.8 Å². The molecule has 0 N–H and O–H groups in total. The first-order valence-corrected chi connectivity index (χ1v) is 32.5. The van der Waals surface area contributed by atoms with E-state index >= 15 is 0 Å². The Kier molecular flexibility index (Phi) is 21.2. The van der Waals surface area contributed by atoms with E-state index in [9.17, 15) is 0 Å². The first-order valence-electron chi connectivity index (χ1n) is 32.5. The third-order valence-corrected chi connectivity index (χ3v) is 18.7. The third-order valence-electron chi connectivity index (χ3n) is 18.7. The molecule has 0 aliphatic heterocycles. The van der Waals surface area contributed by atoms with Crippen molar-refractivity contribution in [3.8, 4) is 0 Å². The second-order valence-corrected chi connectivity index (χ2v) is 24.0. The zero-order valence-electron chi connectivity index (χ0n) is 53.4. The Labute approximate surface area is 546 Å². The fourth-order valence-corrected chi connectivity index (χ4v) is 13.5. The molecule has 4 atom stereocenters. The summed E-state index contributed by atoms with van der Waals surface area (Å²) in [6.45, 7) is 8.92. The summed E-state index contributed by atoms with van der Waals surface area (Å²) in [7, 11) is 0. The molecule has 14 rings (SSSR count). The second kappa shape index (κ2) is 31.1. The zero-order chi connectivity index (χ0) is 63.2. The fourth-order valence-electron chi connectivity index (χ4n) is 13.5. The third kappa shape index (κ3) is 14.4. The number of nitrogens with zero attached hydrogens (tertiary/aromatic N) is 4. The van der Waals surface area contributed by atoms with E-state index in [0.29, 0.717) is 24.2 Å².